The Hall–Kier alpha value is -2.96. The lowest BCUT2D eigenvalue weighted by atomic mass is 10.0. The Morgan fingerprint density at radius 2 is 2.08 bits per heavy atom. The van der Waals surface area contributed by atoms with E-state index in [0.29, 0.717) is 18.7 Å². The average molecular weight is 354 g/mol. The number of fused-ring (bicyclic) bond motifs is 1. The quantitative estimate of drug-likeness (QED) is 0.858. The van der Waals surface area contributed by atoms with Crippen LogP contribution in [0.4, 0.5) is 0 Å². The maximum Gasteiger partial charge on any atom is 0.255 e. The van der Waals surface area contributed by atoms with Crippen molar-refractivity contribution in [2.24, 2.45) is 0 Å². The van der Waals surface area contributed by atoms with E-state index in [2.05, 4.69) is 15.6 Å². The molecule has 7 heteroatoms. The molecular weight excluding hydrogens is 332 g/mol. The van der Waals surface area contributed by atoms with Gasteiger partial charge in [0.15, 0.2) is 0 Å². The van der Waals surface area contributed by atoms with Gasteiger partial charge in [0, 0.05) is 31.2 Å². The van der Waals surface area contributed by atoms with Crippen LogP contribution in [0.2, 0.25) is 0 Å². The molecule has 0 spiro atoms. The van der Waals surface area contributed by atoms with Crippen molar-refractivity contribution in [2.45, 2.75) is 26.3 Å². The predicted octanol–water partition coefficient (Wildman–Crippen LogP) is 0.928. The molecule has 0 unspecified atom stereocenters. The first-order chi connectivity index (χ1) is 12.4. The number of carbonyl (C=O) groups excluding carboxylic acids is 3. The summed E-state index contributed by atoms with van der Waals surface area (Å²) in [5.74, 6) is -0.842. The van der Waals surface area contributed by atoms with Gasteiger partial charge < -0.3 is 15.5 Å². The maximum atomic E-state index is 13.3. The third-order valence-corrected chi connectivity index (χ3v) is 4.57. The molecule has 2 heterocycles. The van der Waals surface area contributed by atoms with Crippen molar-refractivity contribution in [1.29, 1.82) is 0 Å². The minimum atomic E-state index is -0.815. The maximum absolute atomic E-state index is 13.3. The molecule has 1 atom stereocenters. The molecule has 1 aliphatic heterocycles. The zero-order valence-corrected chi connectivity index (χ0v) is 15.1. The largest absolute Gasteiger partial charge is 0.359 e. The number of hydrogen-bond donors (Lipinski definition) is 2. The van der Waals surface area contributed by atoms with E-state index in [1.165, 1.54) is 11.9 Å². The van der Waals surface area contributed by atoms with Crippen LogP contribution in [0.15, 0.2) is 24.3 Å². The number of rotatable bonds is 3. The number of nitrogens with one attached hydrogen (secondary N) is 2. The molecule has 1 aliphatic rings. The summed E-state index contributed by atoms with van der Waals surface area (Å²) in [5.41, 5.74) is 3.00. The van der Waals surface area contributed by atoms with Gasteiger partial charge in [-0.15, -0.1) is 0 Å². The van der Waals surface area contributed by atoms with Crippen LogP contribution in [0.25, 0.3) is 10.9 Å². The molecule has 0 radical (unpaired) electrons. The number of hydrogen-bond acceptors (Lipinski definition) is 4. The van der Waals surface area contributed by atoms with E-state index >= 15 is 0 Å². The first-order valence-corrected chi connectivity index (χ1v) is 8.58. The van der Waals surface area contributed by atoms with Gasteiger partial charge in [-0.3, -0.25) is 19.4 Å². The van der Waals surface area contributed by atoms with Crippen molar-refractivity contribution < 1.29 is 14.4 Å². The SMILES string of the molecule is CNC(=O)C[C@H]1C(=O)NCCN1C(=O)c1cc(C)nc2ccc(C)cc12. The Kier molecular flexibility index (Phi) is 4.88. The predicted molar refractivity (Wildman–Crippen MR) is 97.7 cm³/mol. The van der Waals surface area contributed by atoms with Crippen LogP contribution in [0.3, 0.4) is 0 Å². The number of benzene rings is 1. The van der Waals surface area contributed by atoms with E-state index in [0.717, 1.165) is 22.2 Å². The smallest absolute Gasteiger partial charge is 0.255 e. The highest BCUT2D eigenvalue weighted by atomic mass is 16.2. The molecule has 7 nitrogen and oxygen atoms in total. The fraction of sp³-hybridized carbons (Fsp3) is 0.368. The molecule has 0 saturated carbocycles. The monoisotopic (exact) mass is 354 g/mol. The van der Waals surface area contributed by atoms with Crippen molar-refractivity contribution in [2.75, 3.05) is 20.1 Å². The first-order valence-electron chi connectivity index (χ1n) is 8.58. The minimum Gasteiger partial charge on any atom is -0.359 e. The number of aromatic nitrogens is 1. The highest BCUT2D eigenvalue weighted by Gasteiger charge is 2.35. The summed E-state index contributed by atoms with van der Waals surface area (Å²) < 4.78 is 0. The Morgan fingerprint density at radius 1 is 1.31 bits per heavy atom. The van der Waals surface area contributed by atoms with Gasteiger partial charge in [-0.1, -0.05) is 11.6 Å². The van der Waals surface area contributed by atoms with Crippen molar-refractivity contribution in [3.05, 3.63) is 41.1 Å². The van der Waals surface area contributed by atoms with E-state index in [1.54, 1.807) is 6.07 Å². The summed E-state index contributed by atoms with van der Waals surface area (Å²) in [7, 11) is 1.51. The number of piperazine rings is 1. The fourth-order valence-electron chi connectivity index (χ4n) is 3.24. The zero-order valence-electron chi connectivity index (χ0n) is 15.1. The van der Waals surface area contributed by atoms with Gasteiger partial charge in [-0.25, -0.2) is 0 Å². The van der Waals surface area contributed by atoms with E-state index in [4.69, 9.17) is 0 Å². The van der Waals surface area contributed by atoms with Gasteiger partial charge in [0.05, 0.1) is 17.5 Å². The molecular formula is C19H22N4O3. The highest BCUT2D eigenvalue weighted by Crippen LogP contribution is 2.23. The summed E-state index contributed by atoms with van der Waals surface area (Å²) in [4.78, 5) is 43.3. The zero-order chi connectivity index (χ0) is 18.8. The van der Waals surface area contributed by atoms with Gasteiger partial charge in [-0.05, 0) is 32.0 Å². The number of nitrogens with zero attached hydrogens (tertiary/aromatic N) is 2. The van der Waals surface area contributed by atoms with Crippen LogP contribution in [-0.4, -0.2) is 53.8 Å². The number of carbonyl (C=O) groups is 3. The topological polar surface area (TPSA) is 91.4 Å². The summed E-state index contributed by atoms with van der Waals surface area (Å²) in [6, 6.07) is 6.69. The van der Waals surface area contributed by atoms with Gasteiger partial charge in [0.1, 0.15) is 6.04 Å². The molecule has 1 aromatic carbocycles. The van der Waals surface area contributed by atoms with E-state index in [-0.39, 0.29) is 24.1 Å². The van der Waals surface area contributed by atoms with E-state index in [1.807, 2.05) is 32.0 Å². The van der Waals surface area contributed by atoms with Crippen molar-refractivity contribution >= 4 is 28.6 Å². The number of amides is 3. The number of pyridine rings is 1. The number of aryl methyl sites for hydroxylation is 2. The summed E-state index contributed by atoms with van der Waals surface area (Å²) in [5, 5.41) is 6.00. The summed E-state index contributed by atoms with van der Waals surface area (Å²) >= 11 is 0. The molecule has 1 aromatic heterocycles. The molecule has 3 amide bonds. The molecule has 2 N–H and O–H groups in total. The van der Waals surface area contributed by atoms with Gasteiger partial charge in [0.25, 0.3) is 5.91 Å². The first kappa shape index (κ1) is 17.8. The van der Waals surface area contributed by atoms with Crippen LogP contribution in [0.5, 0.6) is 0 Å². The lowest BCUT2D eigenvalue weighted by Crippen LogP contribution is -2.58. The lowest BCUT2D eigenvalue weighted by Gasteiger charge is -2.35. The molecule has 0 aliphatic carbocycles. The van der Waals surface area contributed by atoms with Crippen LogP contribution in [-0.2, 0) is 9.59 Å². The standard InChI is InChI=1S/C19H22N4O3/c1-11-4-5-15-13(8-11)14(9-12(2)22-15)19(26)23-7-6-21-18(25)16(23)10-17(24)20-3/h4-5,8-9,16H,6-7,10H2,1-3H3,(H,20,24)(H,21,25)/t16-/m0/s1. The summed E-state index contributed by atoms with van der Waals surface area (Å²) in [6.45, 7) is 4.52. The van der Waals surface area contributed by atoms with E-state index < -0.39 is 6.04 Å². The molecule has 26 heavy (non-hydrogen) atoms. The fourth-order valence-corrected chi connectivity index (χ4v) is 3.24. The molecule has 136 valence electrons. The second-order valence-corrected chi connectivity index (χ2v) is 6.51. The molecule has 1 fully saturated rings. The van der Waals surface area contributed by atoms with Gasteiger partial charge in [-0.2, -0.15) is 0 Å². The van der Waals surface area contributed by atoms with Crippen LogP contribution in [0, 0.1) is 13.8 Å². The van der Waals surface area contributed by atoms with Crippen LogP contribution >= 0.6 is 0 Å². The molecule has 0 bridgehead atoms. The van der Waals surface area contributed by atoms with Crippen molar-refractivity contribution in [1.82, 2.24) is 20.5 Å². The third kappa shape index (κ3) is 3.37. The highest BCUT2D eigenvalue weighted by molar-refractivity contribution is 6.08. The Balaban J connectivity index is 2.04. The Bertz CT molecular complexity index is 894. The Labute approximate surface area is 151 Å². The third-order valence-electron chi connectivity index (χ3n) is 4.57. The molecule has 1 saturated heterocycles. The second kappa shape index (κ2) is 7.11. The van der Waals surface area contributed by atoms with Crippen molar-refractivity contribution in [3.63, 3.8) is 0 Å². The van der Waals surface area contributed by atoms with Crippen LogP contribution < -0.4 is 10.6 Å². The summed E-state index contributed by atoms with van der Waals surface area (Å²) in [6.07, 6.45) is -0.0604. The normalized spacial score (nSPS) is 17.1. The second-order valence-electron chi connectivity index (χ2n) is 6.51. The van der Waals surface area contributed by atoms with Gasteiger partial charge in [0.2, 0.25) is 11.8 Å². The average Bonchev–Trinajstić information content (AvgIpc) is 2.62. The van der Waals surface area contributed by atoms with Crippen molar-refractivity contribution in [3.8, 4) is 0 Å². The van der Waals surface area contributed by atoms with Gasteiger partial charge >= 0.3 is 0 Å². The van der Waals surface area contributed by atoms with Crippen LogP contribution in [0.1, 0.15) is 28.0 Å². The minimum absolute atomic E-state index is 0.0604. The van der Waals surface area contributed by atoms with E-state index in [9.17, 15) is 14.4 Å². The molecule has 3 rings (SSSR count). The molecule has 2 aromatic rings. The lowest BCUT2D eigenvalue weighted by molar-refractivity contribution is -0.132. The Morgan fingerprint density at radius 3 is 2.81 bits per heavy atom.